The topological polar surface area (TPSA) is 55.9 Å². The Morgan fingerprint density at radius 2 is 2.08 bits per heavy atom. The largest absolute Gasteiger partial charge is 0.367 e. The molecule has 0 amide bonds. The minimum Gasteiger partial charge on any atom is -0.367 e. The summed E-state index contributed by atoms with van der Waals surface area (Å²) >= 11 is 0. The van der Waals surface area contributed by atoms with E-state index >= 15 is 0 Å². The first-order chi connectivity index (χ1) is 5.53. The van der Waals surface area contributed by atoms with Crippen LogP contribution in [0.5, 0.6) is 0 Å². The van der Waals surface area contributed by atoms with Crippen molar-refractivity contribution in [3.63, 3.8) is 0 Å². The average molecular weight is 194 g/mol. The Morgan fingerprint density at radius 1 is 1.42 bits per heavy atom. The van der Waals surface area contributed by atoms with Crippen LogP contribution in [0.15, 0.2) is 0 Å². The van der Waals surface area contributed by atoms with Gasteiger partial charge in [-0.2, -0.15) is 8.42 Å². The zero-order chi connectivity index (χ0) is 9.19. The maximum Gasteiger partial charge on any atom is 0.264 e. The zero-order valence-corrected chi connectivity index (χ0v) is 8.13. The minimum atomic E-state index is -3.30. The van der Waals surface area contributed by atoms with Crippen molar-refractivity contribution >= 4 is 10.1 Å². The first-order valence-corrected chi connectivity index (χ1v) is 5.84. The summed E-state index contributed by atoms with van der Waals surface area (Å²) in [5.74, 6) is 0. The van der Waals surface area contributed by atoms with Crippen molar-refractivity contribution in [3.8, 4) is 0 Å². The molecule has 0 N–H and O–H groups in total. The summed E-state index contributed by atoms with van der Waals surface area (Å²) in [6.45, 7) is 2.24. The second-order valence-electron chi connectivity index (χ2n) is 2.99. The highest BCUT2D eigenvalue weighted by Gasteiger charge is 2.38. The molecule has 1 saturated heterocycles. The highest BCUT2D eigenvalue weighted by atomic mass is 32.2. The fourth-order valence-electron chi connectivity index (χ4n) is 1.05. The Balaban J connectivity index is 2.12. The van der Waals surface area contributed by atoms with Gasteiger partial charge in [-0.25, -0.2) is 0 Å². The fourth-order valence-corrected chi connectivity index (χ4v) is 1.44. The van der Waals surface area contributed by atoms with Crippen molar-refractivity contribution in [1.29, 1.82) is 0 Å². The van der Waals surface area contributed by atoms with Crippen LogP contribution in [0.3, 0.4) is 0 Å². The molecule has 5 heteroatoms. The Bertz CT molecular complexity index is 234. The lowest BCUT2D eigenvalue weighted by molar-refractivity contribution is 0.265. The van der Waals surface area contributed by atoms with Crippen LogP contribution in [-0.4, -0.2) is 33.5 Å². The van der Waals surface area contributed by atoms with Gasteiger partial charge in [-0.3, -0.25) is 4.18 Å². The molecule has 0 aromatic rings. The van der Waals surface area contributed by atoms with E-state index in [0.29, 0.717) is 0 Å². The van der Waals surface area contributed by atoms with Gasteiger partial charge in [0, 0.05) is 0 Å². The van der Waals surface area contributed by atoms with E-state index < -0.39 is 10.1 Å². The maximum atomic E-state index is 10.6. The van der Waals surface area contributed by atoms with Gasteiger partial charge in [-0.05, 0) is 6.42 Å². The summed E-state index contributed by atoms with van der Waals surface area (Å²) in [4.78, 5) is 0. The second kappa shape index (κ2) is 3.72. The third-order valence-corrected chi connectivity index (χ3v) is 2.27. The van der Waals surface area contributed by atoms with Crippen molar-refractivity contribution < 1.29 is 17.3 Å². The number of ether oxygens (including phenoxy) is 1. The molecule has 0 spiro atoms. The first-order valence-electron chi connectivity index (χ1n) is 4.03. The highest BCUT2D eigenvalue weighted by Crippen LogP contribution is 2.26. The van der Waals surface area contributed by atoms with Gasteiger partial charge < -0.3 is 4.74 Å². The average Bonchev–Trinajstić information content (AvgIpc) is 2.63. The summed E-state index contributed by atoms with van der Waals surface area (Å²) in [5.41, 5.74) is 0. The standard InChI is InChI=1S/C7H14O4S/c1-3-4-6-7(11-6)5-10-12(2,8)9/h6-7H,3-5H2,1-2H3/t6-,7-/m0/s1. The van der Waals surface area contributed by atoms with E-state index in [0.717, 1.165) is 19.1 Å². The molecule has 1 rings (SSSR count). The Labute approximate surface area is 73.0 Å². The second-order valence-corrected chi connectivity index (χ2v) is 4.63. The molecule has 1 fully saturated rings. The fraction of sp³-hybridized carbons (Fsp3) is 1.00. The Morgan fingerprint density at radius 3 is 2.58 bits per heavy atom. The van der Waals surface area contributed by atoms with Gasteiger partial charge in [-0.15, -0.1) is 0 Å². The molecule has 1 heterocycles. The molecule has 72 valence electrons. The SMILES string of the molecule is CCC[C@@H]1O[C@H]1COS(C)(=O)=O. The summed E-state index contributed by atoms with van der Waals surface area (Å²) in [6, 6.07) is 0. The number of hydrogen-bond donors (Lipinski definition) is 0. The van der Waals surface area contributed by atoms with E-state index in [1.165, 1.54) is 0 Å². The zero-order valence-electron chi connectivity index (χ0n) is 7.32. The monoisotopic (exact) mass is 194 g/mol. The van der Waals surface area contributed by atoms with Crippen molar-refractivity contribution in [3.05, 3.63) is 0 Å². The minimum absolute atomic E-state index is 0.000301. The third kappa shape index (κ3) is 3.51. The van der Waals surface area contributed by atoms with Gasteiger partial charge >= 0.3 is 0 Å². The predicted molar refractivity (Wildman–Crippen MR) is 44.4 cm³/mol. The highest BCUT2D eigenvalue weighted by molar-refractivity contribution is 7.85. The van der Waals surface area contributed by atoms with Gasteiger partial charge in [0.05, 0.1) is 19.0 Å². The summed E-state index contributed by atoms with van der Waals surface area (Å²) < 4.78 is 30.8. The van der Waals surface area contributed by atoms with Crippen molar-refractivity contribution in [2.24, 2.45) is 0 Å². The van der Waals surface area contributed by atoms with Crippen LogP contribution in [0.25, 0.3) is 0 Å². The van der Waals surface area contributed by atoms with Crippen LogP contribution in [0, 0.1) is 0 Å². The molecule has 1 aliphatic rings. The lowest BCUT2D eigenvalue weighted by atomic mass is 10.2. The predicted octanol–water partition coefficient (Wildman–Crippen LogP) is 0.530. The van der Waals surface area contributed by atoms with Crippen LogP contribution in [0.1, 0.15) is 19.8 Å². The molecule has 1 aliphatic heterocycles. The van der Waals surface area contributed by atoms with E-state index in [1.54, 1.807) is 0 Å². The van der Waals surface area contributed by atoms with Crippen molar-refractivity contribution in [2.75, 3.05) is 12.9 Å². The quantitative estimate of drug-likeness (QED) is 0.473. The molecular formula is C7H14O4S. The molecule has 0 aromatic carbocycles. The normalized spacial score (nSPS) is 28.8. The Kier molecular flexibility index (Phi) is 3.09. The van der Waals surface area contributed by atoms with Crippen LogP contribution in [-0.2, 0) is 19.0 Å². The number of hydrogen-bond acceptors (Lipinski definition) is 4. The molecule has 0 bridgehead atoms. The van der Waals surface area contributed by atoms with Crippen LogP contribution in [0.2, 0.25) is 0 Å². The van der Waals surface area contributed by atoms with E-state index in [9.17, 15) is 8.42 Å². The molecule has 0 radical (unpaired) electrons. The summed E-state index contributed by atoms with van der Waals surface area (Å²) in [7, 11) is -3.30. The third-order valence-electron chi connectivity index (χ3n) is 1.71. The van der Waals surface area contributed by atoms with Gasteiger partial charge in [0.25, 0.3) is 10.1 Å². The van der Waals surface area contributed by atoms with E-state index in [-0.39, 0.29) is 18.8 Å². The molecule has 12 heavy (non-hydrogen) atoms. The molecule has 0 unspecified atom stereocenters. The Hall–Kier alpha value is -0.130. The van der Waals surface area contributed by atoms with Crippen molar-refractivity contribution in [1.82, 2.24) is 0 Å². The van der Waals surface area contributed by atoms with E-state index in [2.05, 4.69) is 11.1 Å². The van der Waals surface area contributed by atoms with Crippen LogP contribution in [0.4, 0.5) is 0 Å². The van der Waals surface area contributed by atoms with Crippen LogP contribution >= 0.6 is 0 Å². The van der Waals surface area contributed by atoms with Crippen LogP contribution < -0.4 is 0 Å². The summed E-state index contributed by atoms with van der Waals surface area (Å²) in [6.07, 6.45) is 3.30. The van der Waals surface area contributed by atoms with E-state index in [4.69, 9.17) is 4.74 Å². The molecule has 4 nitrogen and oxygen atoms in total. The maximum absolute atomic E-state index is 10.6. The molecule has 0 aromatic heterocycles. The number of rotatable bonds is 5. The smallest absolute Gasteiger partial charge is 0.264 e. The number of epoxide rings is 1. The summed E-state index contributed by atoms with van der Waals surface area (Å²) in [5, 5.41) is 0. The van der Waals surface area contributed by atoms with E-state index in [1.807, 2.05) is 0 Å². The van der Waals surface area contributed by atoms with Gasteiger partial charge in [0.15, 0.2) is 0 Å². The molecular weight excluding hydrogens is 180 g/mol. The molecule has 0 aliphatic carbocycles. The lowest BCUT2D eigenvalue weighted by Crippen LogP contribution is -2.10. The van der Waals surface area contributed by atoms with Gasteiger partial charge in [0.2, 0.25) is 0 Å². The van der Waals surface area contributed by atoms with Crippen molar-refractivity contribution in [2.45, 2.75) is 32.0 Å². The van der Waals surface area contributed by atoms with Gasteiger partial charge in [0.1, 0.15) is 6.10 Å². The van der Waals surface area contributed by atoms with Gasteiger partial charge in [-0.1, -0.05) is 13.3 Å². The first kappa shape index (κ1) is 9.95. The molecule has 0 saturated carbocycles. The lowest BCUT2D eigenvalue weighted by Gasteiger charge is -1.95. The molecule has 2 atom stereocenters.